The van der Waals surface area contributed by atoms with Crippen molar-refractivity contribution in [3.8, 4) is 0 Å². The van der Waals surface area contributed by atoms with Crippen molar-refractivity contribution in [2.24, 2.45) is 0 Å². The molecule has 0 aliphatic rings. The average Bonchev–Trinajstić information content (AvgIpc) is 2.64. The van der Waals surface area contributed by atoms with E-state index in [2.05, 4.69) is 15.5 Å². The molecule has 2 amide bonds. The van der Waals surface area contributed by atoms with E-state index in [9.17, 15) is 9.59 Å². The molecule has 0 aliphatic heterocycles. The Labute approximate surface area is 112 Å². The number of anilines is 1. The van der Waals surface area contributed by atoms with E-state index >= 15 is 0 Å². The van der Waals surface area contributed by atoms with E-state index in [0.717, 1.165) is 0 Å². The lowest BCUT2D eigenvalue weighted by Gasteiger charge is -2.21. The van der Waals surface area contributed by atoms with E-state index < -0.39 is 0 Å². The molecule has 0 fully saturated rings. The Morgan fingerprint density at radius 1 is 1.47 bits per heavy atom. The smallest absolute Gasteiger partial charge is 0.259 e. The molecule has 0 unspecified atom stereocenters. The van der Waals surface area contributed by atoms with Crippen LogP contribution in [0.15, 0.2) is 0 Å². The van der Waals surface area contributed by atoms with Crippen LogP contribution >= 0.6 is 0 Å². The van der Waals surface area contributed by atoms with Gasteiger partial charge in [0.15, 0.2) is 5.82 Å². The summed E-state index contributed by atoms with van der Waals surface area (Å²) in [5.41, 5.74) is 6.59. The Bertz CT molecular complexity index is 447. The van der Waals surface area contributed by atoms with Gasteiger partial charge < -0.3 is 16.0 Å². The molecule has 0 saturated heterocycles. The SMILES string of the molecule is CCN(CC(=O)NC(C)C)C(=O)c1c(N)n[nH]c1C. The van der Waals surface area contributed by atoms with Crippen molar-refractivity contribution in [2.45, 2.75) is 33.7 Å². The number of amides is 2. The number of rotatable bonds is 5. The molecule has 1 rings (SSSR count). The molecule has 1 heterocycles. The Hall–Kier alpha value is -2.05. The summed E-state index contributed by atoms with van der Waals surface area (Å²) >= 11 is 0. The summed E-state index contributed by atoms with van der Waals surface area (Å²) in [7, 11) is 0. The summed E-state index contributed by atoms with van der Waals surface area (Å²) in [6.07, 6.45) is 0. The van der Waals surface area contributed by atoms with Gasteiger partial charge in [0, 0.05) is 18.3 Å². The van der Waals surface area contributed by atoms with Crippen LogP contribution in [0.3, 0.4) is 0 Å². The van der Waals surface area contributed by atoms with Crippen molar-refractivity contribution in [1.29, 1.82) is 0 Å². The maximum Gasteiger partial charge on any atom is 0.259 e. The summed E-state index contributed by atoms with van der Waals surface area (Å²) in [4.78, 5) is 25.4. The van der Waals surface area contributed by atoms with Crippen LogP contribution in [0.25, 0.3) is 0 Å². The molecule has 106 valence electrons. The highest BCUT2D eigenvalue weighted by molar-refractivity contribution is 6.01. The summed E-state index contributed by atoms with van der Waals surface area (Å²) in [5, 5.41) is 9.19. The zero-order chi connectivity index (χ0) is 14.6. The molecule has 4 N–H and O–H groups in total. The zero-order valence-electron chi connectivity index (χ0n) is 11.8. The summed E-state index contributed by atoms with van der Waals surface area (Å²) < 4.78 is 0. The van der Waals surface area contributed by atoms with Crippen molar-refractivity contribution in [1.82, 2.24) is 20.4 Å². The monoisotopic (exact) mass is 267 g/mol. The molecule has 1 aromatic rings. The minimum atomic E-state index is -0.287. The lowest BCUT2D eigenvalue weighted by Crippen LogP contribution is -2.42. The van der Waals surface area contributed by atoms with Crippen LogP contribution in [0.1, 0.15) is 36.8 Å². The number of nitrogens with one attached hydrogen (secondary N) is 2. The normalized spacial score (nSPS) is 10.6. The molecule has 0 aliphatic carbocycles. The standard InChI is InChI=1S/C12H21N5O2/c1-5-17(6-9(18)14-7(2)3)12(19)10-8(4)15-16-11(10)13/h7H,5-6H2,1-4H3,(H,14,18)(H3,13,15,16). The van der Waals surface area contributed by atoms with Gasteiger partial charge in [-0.05, 0) is 27.7 Å². The number of hydrogen-bond acceptors (Lipinski definition) is 4. The van der Waals surface area contributed by atoms with Crippen LogP contribution in [0, 0.1) is 6.92 Å². The number of nitrogens with zero attached hydrogens (tertiary/aromatic N) is 2. The summed E-state index contributed by atoms with van der Waals surface area (Å²) in [6, 6.07) is 0.0436. The predicted molar refractivity (Wildman–Crippen MR) is 72.6 cm³/mol. The van der Waals surface area contributed by atoms with Gasteiger partial charge in [-0.2, -0.15) is 5.10 Å². The van der Waals surface area contributed by atoms with Crippen LogP contribution < -0.4 is 11.1 Å². The zero-order valence-corrected chi connectivity index (χ0v) is 11.8. The first kappa shape index (κ1) is 15.0. The van der Waals surface area contributed by atoms with Gasteiger partial charge in [-0.3, -0.25) is 14.7 Å². The molecule has 0 aromatic carbocycles. The van der Waals surface area contributed by atoms with Gasteiger partial charge in [0.2, 0.25) is 5.91 Å². The van der Waals surface area contributed by atoms with E-state index in [4.69, 9.17) is 5.73 Å². The minimum Gasteiger partial charge on any atom is -0.382 e. The third-order valence-corrected chi connectivity index (χ3v) is 2.64. The molecule has 7 heteroatoms. The number of carbonyl (C=O) groups is 2. The Kier molecular flexibility index (Phi) is 4.91. The fourth-order valence-corrected chi connectivity index (χ4v) is 1.74. The first-order valence-corrected chi connectivity index (χ1v) is 6.25. The van der Waals surface area contributed by atoms with E-state index in [1.165, 1.54) is 4.90 Å². The van der Waals surface area contributed by atoms with E-state index in [1.807, 2.05) is 20.8 Å². The Morgan fingerprint density at radius 3 is 2.53 bits per heavy atom. The number of aromatic nitrogens is 2. The van der Waals surface area contributed by atoms with Crippen molar-refractivity contribution >= 4 is 17.6 Å². The van der Waals surface area contributed by atoms with Gasteiger partial charge in [-0.1, -0.05) is 0 Å². The number of aromatic amines is 1. The van der Waals surface area contributed by atoms with E-state index in [-0.39, 0.29) is 30.2 Å². The number of hydrogen-bond donors (Lipinski definition) is 3. The molecule has 0 radical (unpaired) electrons. The second-order valence-corrected chi connectivity index (χ2v) is 4.65. The molecular weight excluding hydrogens is 246 g/mol. The van der Waals surface area contributed by atoms with Crippen LogP contribution in [0.4, 0.5) is 5.82 Å². The highest BCUT2D eigenvalue weighted by Crippen LogP contribution is 2.15. The summed E-state index contributed by atoms with van der Waals surface area (Å²) in [5.74, 6) is -0.319. The van der Waals surface area contributed by atoms with E-state index in [0.29, 0.717) is 17.8 Å². The average molecular weight is 267 g/mol. The van der Waals surface area contributed by atoms with Crippen molar-refractivity contribution in [3.63, 3.8) is 0 Å². The molecule has 0 atom stereocenters. The quantitative estimate of drug-likeness (QED) is 0.713. The second-order valence-electron chi connectivity index (χ2n) is 4.65. The second kappa shape index (κ2) is 6.21. The van der Waals surface area contributed by atoms with E-state index in [1.54, 1.807) is 6.92 Å². The predicted octanol–water partition coefficient (Wildman–Crippen LogP) is 0.287. The van der Waals surface area contributed by atoms with Crippen LogP contribution in [0.5, 0.6) is 0 Å². The maximum absolute atomic E-state index is 12.3. The lowest BCUT2D eigenvalue weighted by atomic mass is 10.2. The van der Waals surface area contributed by atoms with Crippen LogP contribution in [-0.4, -0.2) is 46.0 Å². The third kappa shape index (κ3) is 3.70. The number of aryl methyl sites for hydroxylation is 1. The van der Waals surface area contributed by atoms with Gasteiger partial charge in [0.25, 0.3) is 5.91 Å². The van der Waals surface area contributed by atoms with Gasteiger partial charge in [-0.25, -0.2) is 0 Å². The van der Waals surface area contributed by atoms with Gasteiger partial charge in [0.05, 0.1) is 6.54 Å². The molecule has 0 spiro atoms. The maximum atomic E-state index is 12.3. The highest BCUT2D eigenvalue weighted by Gasteiger charge is 2.23. The first-order valence-electron chi connectivity index (χ1n) is 6.25. The third-order valence-electron chi connectivity index (χ3n) is 2.64. The number of nitrogen functional groups attached to an aromatic ring is 1. The molecule has 0 saturated carbocycles. The number of nitrogens with two attached hydrogens (primary N) is 1. The fraction of sp³-hybridized carbons (Fsp3) is 0.583. The van der Waals surface area contributed by atoms with Gasteiger partial charge >= 0.3 is 0 Å². The number of carbonyl (C=O) groups excluding carboxylic acids is 2. The summed E-state index contributed by atoms with van der Waals surface area (Å²) in [6.45, 7) is 7.71. The van der Waals surface area contributed by atoms with Crippen molar-refractivity contribution < 1.29 is 9.59 Å². The largest absolute Gasteiger partial charge is 0.382 e. The molecule has 19 heavy (non-hydrogen) atoms. The molecule has 1 aromatic heterocycles. The molecule has 0 bridgehead atoms. The van der Waals surface area contributed by atoms with Gasteiger partial charge in [0.1, 0.15) is 5.56 Å². The highest BCUT2D eigenvalue weighted by atomic mass is 16.2. The lowest BCUT2D eigenvalue weighted by molar-refractivity contribution is -0.122. The molecule has 7 nitrogen and oxygen atoms in total. The first-order chi connectivity index (χ1) is 8.86. The van der Waals surface area contributed by atoms with Crippen LogP contribution in [0.2, 0.25) is 0 Å². The van der Waals surface area contributed by atoms with Crippen LogP contribution in [-0.2, 0) is 4.79 Å². The van der Waals surface area contributed by atoms with Crippen molar-refractivity contribution in [3.05, 3.63) is 11.3 Å². The fourth-order valence-electron chi connectivity index (χ4n) is 1.74. The van der Waals surface area contributed by atoms with Crippen molar-refractivity contribution in [2.75, 3.05) is 18.8 Å². The number of likely N-dealkylation sites (N-methyl/N-ethyl adjacent to an activating group) is 1. The minimum absolute atomic E-state index is 0.0115. The van der Waals surface area contributed by atoms with Gasteiger partial charge in [-0.15, -0.1) is 0 Å². The topological polar surface area (TPSA) is 104 Å². The Balaban J connectivity index is 2.81. The number of H-pyrrole nitrogens is 1. The Morgan fingerprint density at radius 2 is 2.11 bits per heavy atom. The molecular formula is C12H21N5O2.